The van der Waals surface area contributed by atoms with E-state index in [9.17, 15) is 0 Å². The van der Waals surface area contributed by atoms with Crippen LogP contribution in [0.25, 0.3) is 11.1 Å². The van der Waals surface area contributed by atoms with Crippen molar-refractivity contribution in [1.82, 2.24) is 0 Å². The first-order valence-corrected chi connectivity index (χ1v) is 12.3. The van der Waals surface area contributed by atoms with Gasteiger partial charge in [0.15, 0.2) is 0 Å². The standard InChI is InChI=1S/C13H9.C9H13.C3H6.2ClH.Ti/c1-3-7-12-10(5-1)9-11-6-2-4-8-13(11)12;1-2-3-6-9-7-4-5-8-9;1-3-2;;;/h1-5,7-8H,9H2;4,7H,2-3,5-6H2,1H3;1-2H3;2*1H;/q;;;;;+2/p-2. The zero-order valence-electron chi connectivity index (χ0n) is 17.0. The summed E-state index contributed by atoms with van der Waals surface area (Å²) in [6.45, 7) is 7.08. The molecule has 0 heterocycles. The third kappa shape index (κ3) is 4.31. The zero-order valence-corrected chi connectivity index (χ0v) is 20.1. The molecule has 0 spiro atoms. The van der Waals surface area contributed by atoms with Crippen molar-refractivity contribution in [3.63, 3.8) is 0 Å². The Morgan fingerprint density at radius 2 is 1.71 bits per heavy atom. The number of fused-ring (bicyclic) bond motifs is 3. The Kier molecular flexibility index (Phi) is 8.52. The van der Waals surface area contributed by atoms with Crippen LogP contribution in [-0.4, -0.2) is 3.81 Å². The Balaban J connectivity index is 0.00000140. The molecule has 3 heteroatoms. The summed E-state index contributed by atoms with van der Waals surface area (Å²) >= 11 is -1.60. The van der Waals surface area contributed by atoms with Crippen molar-refractivity contribution in [1.29, 1.82) is 0 Å². The summed E-state index contributed by atoms with van der Waals surface area (Å²) in [5.74, 6) is 0. The van der Waals surface area contributed by atoms with Crippen molar-refractivity contribution in [2.24, 2.45) is 0 Å². The maximum Gasteiger partial charge on any atom is -1.00 e. The average Bonchev–Trinajstić information content (AvgIpc) is 3.25. The van der Waals surface area contributed by atoms with Crippen molar-refractivity contribution in [3.05, 3.63) is 75.2 Å². The number of hydrogen-bond donors (Lipinski definition) is 0. The van der Waals surface area contributed by atoms with Gasteiger partial charge in [-0.15, -0.1) is 0 Å². The predicted molar refractivity (Wildman–Crippen MR) is 111 cm³/mol. The van der Waals surface area contributed by atoms with Crippen LogP contribution < -0.4 is 28.7 Å². The Morgan fingerprint density at radius 3 is 2.46 bits per heavy atom. The third-order valence-corrected chi connectivity index (χ3v) is 10.6. The number of hydrogen-bond acceptors (Lipinski definition) is 0. The number of halogens is 2. The number of rotatable bonds is 5. The van der Waals surface area contributed by atoms with E-state index >= 15 is 0 Å². The summed E-state index contributed by atoms with van der Waals surface area (Å²) in [6.07, 6.45) is 11.0. The van der Waals surface area contributed by atoms with Gasteiger partial charge in [-0.05, 0) is 0 Å². The van der Waals surface area contributed by atoms with E-state index in [1.54, 1.807) is 18.8 Å². The summed E-state index contributed by atoms with van der Waals surface area (Å²) in [6, 6.07) is 16.1. The van der Waals surface area contributed by atoms with Crippen LogP contribution in [0.5, 0.6) is 0 Å². The molecule has 0 aromatic heterocycles. The zero-order chi connectivity index (χ0) is 18.1. The molecule has 0 saturated heterocycles. The van der Waals surface area contributed by atoms with E-state index in [-0.39, 0.29) is 24.8 Å². The summed E-state index contributed by atoms with van der Waals surface area (Å²) in [5.41, 5.74) is 7.74. The molecule has 0 bridgehead atoms. The monoisotopic (exact) mass is 446 g/mol. The van der Waals surface area contributed by atoms with E-state index in [0.717, 1.165) is 6.42 Å². The van der Waals surface area contributed by atoms with Crippen LogP contribution in [0.3, 0.4) is 0 Å². The van der Waals surface area contributed by atoms with Gasteiger partial charge in [0.05, 0.1) is 0 Å². The second kappa shape index (κ2) is 10.2. The molecule has 0 N–H and O–H groups in total. The summed E-state index contributed by atoms with van der Waals surface area (Å²) in [5, 5.41) is 0. The van der Waals surface area contributed by atoms with Crippen molar-refractivity contribution < 1.29 is 42.2 Å². The Bertz CT molecular complexity index is 947. The molecule has 0 amide bonds. The van der Waals surface area contributed by atoms with Crippen molar-refractivity contribution in [2.45, 2.75) is 52.9 Å². The molecule has 2 aromatic rings. The molecule has 2 aliphatic rings. The maximum absolute atomic E-state index is 2.45. The van der Waals surface area contributed by atoms with Crippen LogP contribution in [-0.2, 0) is 23.8 Å². The van der Waals surface area contributed by atoms with E-state index < -0.39 is 17.4 Å². The molecule has 2 aromatic carbocycles. The van der Waals surface area contributed by atoms with E-state index in [2.05, 4.69) is 75.4 Å². The first-order chi connectivity index (χ1) is 12.7. The van der Waals surface area contributed by atoms with Crippen molar-refractivity contribution >= 4 is 7.68 Å². The van der Waals surface area contributed by atoms with Gasteiger partial charge in [0, 0.05) is 0 Å². The van der Waals surface area contributed by atoms with Gasteiger partial charge in [-0.1, -0.05) is 0 Å². The summed E-state index contributed by atoms with van der Waals surface area (Å²) in [4.78, 5) is 0. The smallest absolute Gasteiger partial charge is 1.00 e. The number of unbranched alkanes of at least 4 members (excludes halogenated alkanes) is 1. The predicted octanol–water partition coefficient (Wildman–Crippen LogP) is 0.126. The third-order valence-electron chi connectivity index (χ3n) is 5.75. The van der Waals surface area contributed by atoms with Gasteiger partial charge in [0.1, 0.15) is 0 Å². The van der Waals surface area contributed by atoms with Crippen molar-refractivity contribution in [3.8, 4) is 11.1 Å². The average molecular weight is 447 g/mol. The van der Waals surface area contributed by atoms with Gasteiger partial charge < -0.3 is 24.8 Å². The van der Waals surface area contributed by atoms with Crippen LogP contribution >= 0.6 is 0 Å². The quantitative estimate of drug-likeness (QED) is 0.488. The fourth-order valence-electron chi connectivity index (χ4n) is 4.54. The van der Waals surface area contributed by atoms with Gasteiger partial charge in [-0.2, -0.15) is 0 Å². The Morgan fingerprint density at radius 1 is 0.964 bits per heavy atom. The van der Waals surface area contributed by atoms with Gasteiger partial charge >= 0.3 is 164 Å². The largest absolute Gasteiger partial charge is 1.00 e. The molecule has 0 saturated carbocycles. The minimum Gasteiger partial charge on any atom is -1.00 e. The molecule has 0 radical (unpaired) electrons. The van der Waals surface area contributed by atoms with E-state index in [0.29, 0.717) is 0 Å². The van der Waals surface area contributed by atoms with Gasteiger partial charge in [-0.3, -0.25) is 0 Å². The van der Waals surface area contributed by atoms with Gasteiger partial charge in [0.2, 0.25) is 0 Å². The molecule has 0 atom stereocenters. The van der Waals surface area contributed by atoms with Crippen LogP contribution in [0.4, 0.5) is 0 Å². The molecule has 2 aliphatic carbocycles. The van der Waals surface area contributed by atoms with E-state index in [1.807, 2.05) is 3.88 Å². The number of benzene rings is 2. The molecule has 0 fully saturated rings. The fraction of sp³-hybridized carbons (Fsp3) is 0.320. The molecular weight excluding hydrogens is 419 g/mol. The molecule has 0 aliphatic heterocycles. The van der Waals surface area contributed by atoms with Gasteiger partial charge in [-0.25, -0.2) is 0 Å². The molecule has 4 rings (SSSR count). The van der Waals surface area contributed by atoms with Crippen molar-refractivity contribution in [2.75, 3.05) is 0 Å². The molecule has 0 nitrogen and oxygen atoms in total. The van der Waals surface area contributed by atoms with E-state index in [1.165, 1.54) is 42.4 Å². The first-order valence-electron chi connectivity index (χ1n) is 9.97. The van der Waals surface area contributed by atoms with Crippen LogP contribution in [0.2, 0.25) is 0 Å². The second-order valence-corrected chi connectivity index (χ2v) is 12.3. The topological polar surface area (TPSA) is 0 Å². The van der Waals surface area contributed by atoms with Gasteiger partial charge in [0.25, 0.3) is 0 Å². The van der Waals surface area contributed by atoms with Crippen LogP contribution in [0, 0.1) is 0 Å². The fourth-order valence-corrected chi connectivity index (χ4v) is 9.39. The Hall–Kier alpha value is -0.916. The molecule has 28 heavy (non-hydrogen) atoms. The SMILES string of the molecule is CCCCC1=[C]([Ti+2](=[C](C)C)[c]2cccc3c2Cc2ccccc2-3)CC=C1.[Cl-].[Cl-]. The van der Waals surface area contributed by atoms with Crippen LogP contribution in [0.1, 0.15) is 57.6 Å². The summed E-state index contributed by atoms with van der Waals surface area (Å²) in [7, 11) is 0. The van der Waals surface area contributed by atoms with Crippen LogP contribution in [0.15, 0.2) is 64.1 Å². The molecule has 0 unspecified atom stereocenters. The Labute approximate surface area is 188 Å². The normalized spacial score (nSPS) is 13.2. The second-order valence-electron chi connectivity index (χ2n) is 7.75. The maximum atomic E-state index is 2.45. The first kappa shape index (κ1) is 23.4. The molecular formula is C25H28Cl2Ti. The summed E-state index contributed by atoms with van der Waals surface area (Å²) < 4.78 is 5.19. The minimum atomic E-state index is -1.60. The number of allylic oxidation sites excluding steroid dienone is 4. The molecule has 146 valence electrons. The minimum absolute atomic E-state index is 0. The van der Waals surface area contributed by atoms with E-state index in [4.69, 9.17) is 0 Å².